The van der Waals surface area contributed by atoms with E-state index in [-0.39, 0.29) is 0 Å². The maximum absolute atomic E-state index is 11.6. The second-order valence-electron chi connectivity index (χ2n) is 4.09. The van der Waals surface area contributed by atoms with Gasteiger partial charge in [0, 0.05) is 29.1 Å². The number of ether oxygens (including phenoxy) is 1. The van der Waals surface area contributed by atoms with E-state index in [9.17, 15) is 14.4 Å². The van der Waals surface area contributed by atoms with Crippen LogP contribution in [0.1, 0.15) is 6.42 Å². The van der Waals surface area contributed by atoms with Crippen LogP contribution in [0.5, 0.6) is 0 Å². The molecule has 1 aliphatic heterocycles. The Morgan fingerprint density at radius 1 is 1.40 bits per heavy atom. The molecule has 1 unspecified atom stereocenters. The average molecular weight is 322 g/mol. The van der Waals surface area contributed by atoms with Crippen LogP contribution in [-0.2, 0) is 14.3 Å². The Hall–Kier alpha value is -1.09. The molecule has 2 amide bonds. The largest absolute Gasteiger partial charge is 0.480 e. The third-order valence-electron chi connectivity index (χ3n) is 2.58. The first-order chi connectivity index (χ1) is 9.52. The van der Waals surface area contributed by atoms with E-state index < -0.39 is 30.4 Å². The molecule has 1 aliphatic rings. The van der Waals surface area contributed by atoms with Crippen molar-refractivity contribution in [3.8, 4) is 0 Å². The number of carboxylic acids is 1. The van der Waals surface area contributed by atoms with Crippen molar-refractivity contribution in [1.29, 1.82) is 0 Å². The molecule has 1 heterocycles. The number of urea groups is 1. The summed E-state index contributed by atoms with van der Waals surface area (Å²) < 4.78 is 4.39. The number of thioether (sulfide) groups is 2. The van der Waals surface area contributed by atoms with Gasteiger partial charge in [0.25, 0.3) is 0 Å². The maximum Gasteiger partial charge on any atom is 0.326 e. The van der Waals surface area contributed by atoms with Gasteiger partial charge >= 0.3 is 18.0 Å². The average Bonchev–Trinajstić information content (AvgIpc) is 2.45. The number of hydrogen-bond acceptors (Lipinski definition) is 6. The van der Waals surface area contributed by atoms with Gasteiger partial charge in [0.1, 0.15) is 6.04 Å². The topological polar surface area (TPSA) is 105 Å². The lowest BCUT2D eigenvalue weighted by atomic mass is 10.2. The number of methoxy groups -OCH3 is 1. The van der Waals surface area contributed by atoms with Crippen molar-refractivity contribution in [3.05, 3.63) is 0 Å². The first kappa shape index (κ1) is 17.0. The summed E-state index contributed by atoms with van der Waals surface area (Å²) in [6.45, 7) is 0.480. The Kier molecular flexibility index (Phi) is 7.60. The number of carbonyl (C=O) groups excluding carboxylic acids is 2. The van der Waals surface area contributed by atoms with Gasteiger partial charge in [-0.2, -0.15) is 23.5 Å². The quantitative estimate of drug-likeness (QED) is 0.598. The number of aliphatic carboxylic acids is 1. The fraction of sp³-hybridized carbons (Fsp3) is 0.727. The van der Waals surface area contributed by atoms with Gasteiger partial charge in [-0.3, -0.25) is 4.79 Å². The van der Waals surface area contributed by atoms with Crippen molar-refractivity contribution in [2.24, 2.45) is 0 Å². The normalized spacial score (nSPS) is 19.8. The number of rotatable bonds is 6. The highest BCUT2D eigenvalue weighted by molar-refractivity contribution is 8.06. The standard InChI is InChI=1S/C11H18N2O5S2/c1-18-9(14)4-8(10(15)16)13-11(17)12-5-7-6-19-2-3-20-7/h7-8H,2-6H2,1H3,(H,15,16)(H2,12,13,17)/t7?,8-/m0/s1. The van der Waals surface area contributed by atoms with Crippen molar-refractivity contribution in [2.75, 3.05) is 30.9 Å². The SMILES string of the molecule is COC(=O)C[C@H](NC(=O)NCC1CSCCS1)C(=O)O. The molecule has 1 saturated heterocycles. The molecule has 0 aromatic rings. The predicted molar refractivity (Wildman–Crippen MR) is 78.2 cm³/mol. The van der Waals surface area contributed by atoms with E-state index in [1.54, 1.807) is 11.8 Å². The molecule has 3 N–H and O–H groups in total. The molecule has 1 rings (SSSR count). The molecule has 0 aliphatic carbocycles. The van der Waals surface area contributed by atoms with Crippen LogP contribution < -0.4 is 10.6 Å². The zero-order valence-corrected chi connectivity index (χ0v) is 12.7. The summed E-state index contributed by atoms with van der Waals surface area (Å²) in [7, 11) is 1.17. The van der Waals surface area contributed by atoms with Gasteiger partial charge in [-0.15, -0.1) is 0 Å². The Morgan fingerprint density at radius 3 is 2.70 bits per heavy atom. The fourth-order valence-electron chi connectivity index (χ4n) is 1.52. The highest BCUT2D eigenvalue weighted by Gasteiger charge is 2.24. The van der Waals surface area contributed by atoms with E-state index in [1.165, 1.54) is 7.11 Å². The van der Waals surface area contributed by atoms with E-state index in [4.69, 9.17) is 5.11 Å². The molecule has 0 aromatic carbocycles. The van der Waals surface area contributed by atoms with Crippen LogP contribution in [-0.4, -0.2) is 65.3 Å². The molecular formula is C11H18N2O5S2. The van der Waals surface area contributed by atoms with Crippen LogP contribution in [0.15, 0.2) is 0 Å². The van der Waals surface area contributed by atoms with Crippen LogP contribution in [0.2, 0.25) is 0 Å². The number of carbonyl (C=O) groups is 3. The summed E-state index contributed by atoms with van der Waals surface area (Å²) in [5.41, 5.74) is 0. The van der Waals surface area contributed by atoms with E-state index in [0.29, 0.717) is 11.8 Å². The van der Waals surface area contributed by atoms with Gasteiger partial charge in [0.05, 0.1) is 13.5 Å². The Balaban J connectivity index is 2.33. The molecule has 0 bridgehead atoms. The lowest BCUT2D eigenvalue weighted by Gasteiger charge is -2.21. The second kappa shape index (κ2) is 8.96. The number of carboxylic acid groups (broad SMARTS) is 1. The molecule has 9 heteroatoms. The number of hydrogen-bond donors (Lipinski definition) is 3. The summed E-state index contributed by atoms with van der Waals surface area (Å²) in [5.74, 6) is 1.19. The summed E-state index contributed by atoms with van der Waals surface area (Å²) in [6.07, 6.45) is -0.396. The van der Waals surface area contributed by atoms with Crippen LogP contribution >= 0.6 is 23.5 Å². The van der Waals surface area contributed by atoms with Crippen molar-refractivity contribution >= 4 is 41.5 Å². The molecule has 1 fully saturated rings. The molecule has 114 valence electrons. The van der Waals surface area contributed by atoms with Gasteiger partial charge in [-0.05, 0) is 0 Å². The Morgan fingerprint density at radius 2 is 2.15 bits per heavy atom. The maximum atomic E-state index is 11.6. The zero-order chi connectivity index (χ0) is 15.0. The Bertz CT molecular complexity index is 361. The molecule has 0 radical (unpaired) electrons. The number of nitrogens with one attached hydrogen (secondary N) is 2. The number of esters is 1. The lowest BCUT2D eigenvalue weighted by Crippen LogP contribution is -2.48. The van der Waals surface area contributed by atoms with E-state index in [1.807, 2.05) is 11.8 Å². The van der Waals surface area contributed by atoms with Gasteiger partial charge < -0.3 is 20.5 Å². The van der Waals surface area contributed by atoms with Gasteiger partial charge in [0.15, 0.2) is 0 Å². The Labute approximate surface area is 125 Å². The minimum absolute atomic E-state index is 0.336. The van der Waals surface area contributed by atoms with Crippen LogP contribution in [0.25, 0.3) is 0 Å². The van der Waals surface area contributed by atoms with Gasteiger partial charge in [-0.1, -0.05) is 0 Å². The highest BCUT2D eigenvalue weighted by atomic mass is 32.2. The van der Waals surface area contributed by atoms with Crippen molar-refractivity contribution in [2.45, 2.75) is 17.7 Å². The van der Waals surface area contributed by atoms with Gasteiger partial charge in [-0.25, -0.2) is 9.59 Å². The molecular weight excluding hydrogens is 304 g/mol. The molecule has 0 saturated carbocycles. The molecule has 7 nitrogen and oxygen atoms in total. The minimum atomic E-state index is -1.28. The summed E-state index contributed by atoms with van der Waals surface area (Å²) in [6, 6.07) is -1.87. The van der Waals surface area contributed by atoms with Crippen molar-refractivity contribution in [3.63, 3.8) is 0 Å². The third-order valence-corrected chi connectivity index (χ3v) is 5.42. The van der Waals surface area contributed by atoms with E-state index in [2.05, 4.69) is 15.4 Å². The smallest absolute Gasteiger partial charge is 0.326 e. The first-order valence-electron chi connectivity index (χ1n) is 6.06. The van der Waals surface area contributed by atoms with Crippen molar-refractivity contribution < 1.29 is 24.2 Å². The minimum Gasteiger partial charge on any atom is -0.480 e. The van der Waals surface area contributed by atoms with Crippen LogP contribution in [0, 0.1) is 0 Å². The zero-order valence-electron chi connectivity index (χ0n) is 11.1. The summed E-state index contributed by atoms with van der Waals surface area (Å²) >= 11 is 3.63. The van der Waals surface area contributed by atoms with E-state index in [0.717, 1.165) is 17.3 Å². The first-order valence-corrected chi connectivity index (χ1v) is 8.26. The van der Waals surface area contributed by atoms with E-state index >= 15 is 0 Å². The van der Waals surface area contributed by atoms with Crippen molar-refractivity contribution in [1.82, 2.24) is 10.6 Å². The van der Waals surface area contributed by atoms with Gasteiger partial charge in [0.2, 0.25) is 0 Å². The molecule has 20 heavy (non-hydrogen) atoms. The van der Waals surface area contributed by atoms with Crippen LogP contribution in [0.4, 0.5) is 4.79 Å². The third kappa shape index (κ3) is 6.38. The van der Waals surface area contributed by atoms with Crippen LogP contribution in [0.3, 0.4) is 0 Å². The molecule has 2 atom stereocenters. The second-order valence-corrected chi connectivity index (χ2v) is 6.65. The monoisotopic (exact) mass is 322 g/mol. The summed E-state index contributed by atoms with van der Waals surface area (Å²) in [5, 5.41) is 14.1. The summed E-state index contributed by atoms with van der Waals surface area (Å²) in [4.78, 5) is 33.6. The molecule has 0 spiro atoms. The fourth-order valence-corrected chi connectivity index (χ4v) is 4.13. The number of amides is 2. The lowest BCUT2D eigenvalue weighted by molar-refractivity contribution is -0.147. The highest BCUT2D eigenvalue weighted by Crippen LogP contribution is 2.23. The molecule has 0 aromatic heterocycles. The predicted octanol–water partition coefficient (Wildman–Crippen LogP) is 0.151.